The highest BCUT2D eigenvalue weighted by atomic mass is 14.2. The van der Waals surface area contributed by atoms with Gasteiger partial charge in [0.25, 0.3) is 0 Å². The average Bonchev–Trinajstić information content (AvgIpc) is 2.26. The first-order valence-corrected chi connectivity index (χ1v) is 5.71. The molecule has 82 valence electrons. The van der Waals surface area contributed by atoms with Crippen LogP contribution in [0.15, 0.2) is 36.5 Å². The van der Waals surface area contributed by atoms with Crippen LogP contribution in [0.3, 0.4) is 0 Å². The first kappa shape index (κ1) is 13.7. The van der Waals surface area contributed by atoms with Crippen molar-refractivity contribution in [2.75, 3.05) is 0 Å². The summed E-state index contributed by atoms with van der Waals surface area (Å²) in [7, 11) is 0. The van der Waals surface area contributed by atoms with Crippen molar-refractivity contribution in [3.63, 3.8) is 0 Å². The maximum Gasteiger partial charge on any atom is 0.0624 e. The van der Waals surface area contributed by atoms with E-state index < -0.39 is 0 Å². The van der Waals surface area contributed by atoms with Gasteiger partial charge in [-0.3, -0.25) is 0 Å². The molecule has 0 aromatic rings. The molecule has 0 aromatic heterocycles. The lowest BCUT2D eigenvalue weighted by Crippen LogP contribution is -1.72. The van der Waals surface area contributed by atoms with Crippen LogP contribution >= 0.6 is 0 Å². The number of rotatable bonds is 8. The van der Waals surface area contributed by atoms with Gasteiger partial charge in [0.05, 0.1) is 6.07 Å². The lowest BCUT2D eigenvalue weighted by molar-refractivity contribution is 0.760. The summed E-state index contributed by atoms with van der Waals surface area (Å²) in [4.78, 5) is 0. The lowest BCUT2D eigenvalue weighted by Gasteiger charge is -1.92. The molecule has 0 spiro atoms. The van der Waals surface area contributed by atoms with Crippen molar-refractivity contribution in [2.24, 2.45) is 0 Å². The second-order valence-corrected chi connectivity index (χ2v) is 3.41. The van der Waals surface area contributed by atoms with Crippen molar-refractivity contribution in [3.05, 3.63) is 36.5 Å². The molecule has 0 amide bonds. The minimum atomic E-state index is 0.641. The fourth-order valence-electron chi connectivity index (χ4n) is 1.19. The number of hydrogen-bond donors (Lipinski definition) is 0. The van der Waals surface area contributed by atoms with Crippen LogP contribution < -0.4 is 0 Å². The van der Waals surface area contributed by atoms with E-state index in [1.807, 2.05) is 13.0 Å². The maximum atomic E-state index is 8.31. The van der Waals surface area contributed by atoms with E-state index in [1.54, 1.807) is 0 Å². The van der Waals surface area contributed by atoms with Gasteiger partial charge < -0.3 is 0 Å². The van der Waals surface area contributed by atoms with Gasteiger partial charge in [0.2, 0.25) is 0 Å². The van der Waals surface area contributed by atoms with Crippen molar-refractivity contribution >= 4 is 0 Å². The minimum Gasteiger partial charge on any atom is -0.198 e. The second kappa shape index (κ2) is 12.7. The zero-order chi connectivity index (χ0) is 11.2. The molecule has 0 fully saturated rings. The molecule has 0 bridgehead atoms. The summed E-state index contributed by atoms with van der Waals surface area (Å²) in [6, 6.07) is 2.13. The summed E-state index contributed by atoms with van der Waals surface area (Å²) in [5.41, 5.74) is 0. The third-order valence-electron chi connectivity index (χ3n) is 2.02. The Bertz CT molecular complexity index is 241. The molecule has 0 rings (SSSR count). The van der Waals surface area contributed by atoms with Crippen LogP contribution in [-0.4, -0.2) is 0 Å². The smallest absolute Gasteiger partial charge is 0.0624 e. The summed E-state index contributed by atoms with van der Waals surface area (Å²) < 4.78 is 0. The summed E-state index contributed by atoms with van der Waals surface area (Å²) in [5, 5.41) is 8.31. The van der Waals surface area contributed by atoms with Gasteiger partial charge in [0, 0.05) is 6.42 Å². The van der Waals surface area contributed by atoms with Crippen LogP contribution in [0.25, 0.3) is 0 Å². The Balaban J connectivity index is 3.18. The Kier molecular flexibility index (Phi) is 11.6. The minimum absolute atomic E-state index is 0.641. The van der Waals surface area contributed by atoms with Crippen molar-refractivity contribution in [1.29, 1.82) is 5.26 Å². The zero-order valence-electron chi connectivity index (χ0n) is 9.65. The van der Waals surface area contributed by atoms with Crippen LogP contribution in [0.5, 0.6) is 0 Å². The highest BCUT2D eigenvalue weighted by Crippen LogP contribution is 2.02. The summed E-state index contributed by atoms with van der Waals surface area (Å²) >= 11 is 0. The Morgan fingerprint density at radius 3 is 2.27 bits per heavy atom. The fourth-order valence-corrected chi connectivity index (χ4v) is 1.19. The molecule has 1 nitrogen and oxygen atoms in total. The average molecular weight is 203 g/mol. The van der Waals surface area contributed by atoms with Crippen LogP contribution in [-0.2, 0) is 0 Å². The Labute approximate surface area is 93.8 Å². The van der Waals surface area contributed by atoms with E-state index >= 15 is 0 Å². The van der Waals surface area contributed by atoms with E-state index in [1.165, 1.54) is 12.8 Å². The highest BCUT2D eigenvalue weighted by molar-refractivity contribution is 5.00. The number of nitrogens with zero attached hydrogens (tertiary/aromatic N) is 1. The third kappa shape index (κ3) is 12.7. The Morgan fingerprint density at radius 2 is 1.60 bits per heavy atom. The van der Waals surface area contributed by atoms with Gasteiger partial charge in [0.1, 0.15) is 0 Å². The molecule has 0 N–H and O–H groups in total. The van der Waals surface area contributed by atoms with E-state index in [2.05, 4.69) is 36.4 Å². The normalized spacial score (nSPS) is 11.7. The first-order chi connectivity index (χ1) is 7.41. The number of nitriles is 1. The monoisotopic (exact) mass is 203 g/mol. The number of hydrogen-bond acceptors (Lipinski definition) is 1. The van der Waals surface area contributed by atoms with Gasteiger partial charge >= 0.3 is 0 Å². The molecule has 0 saturated heterocycles. The predicted molar refractivity (Wildman–Crippen MR) is 66.4 cm³/mol. The summed E-state index contributed by atoms with van der Waals surface area (Å²) in [6.07, 6.45) is 19.0. The summed E-state index contributed by atoms with van der Waals surface area (Å²) in [5.74, 6) is 0. The van der Waals surface area contributed by atoms with Crippen LogP contribution in [0, 0.1) is 11.3 Å². The second-order valence-electron chi connectivity index (χ2n) is 3.41. The lowest BCUT2D eigenvalue weighted by atomic mass is 10.1. The molecule has 0 aliphatic rings. The molecule has 0 aliphatic carbocycles. The van der Waals surface area contributed by atoms with E-state index in [-0.39, 0.29) is 0 Å². The van der Waals surface area contributed by atoms with E-state index in [0.717, 1.165) is 19.3 Å². The van der Waals surface area contributed by atoms with E-state index in [4.69, 9.17) is 5.26 Å². The molecule has 1 heteroatoms. The summed E-state index contributed by atoms with van der Waals surface area (Å²) in [6.45, 7) is 2.02. The molecule has 0 atom stereocenters. The molecular formula is C14H21N. The Hall–Kier alpha value is -1.29. The number of unbranched alkanes of at least 4 members (excludes halogenated alkanes) is 4. The van der Waals surface area contributed by atoms with Crippen molar-refractivity contribution in [2.45, 2.75) is 45.4 Å². The zero-order valence-corrected chi connectivity index (χ0v) is 9.65. The largest absolute Gasteiger partial charge is 0.198 e. The van der Waals surface area contributed by atoms with Crippen molar-refractivity contribution < 1.29 is 0 Å². The molecule has 0 unspecified atom stereocenters. The topological polar surface area (TPSA) is 23.8 Å². The molecule has 0 heterocycles. The van der Waals surface area contributed by atoms with E-state index in [9.17, 15) is 0 Å². The SMILES string of the molecule is C/C=C/C=C/CCCC/C=C/CCC#N. The van der Waals surface area contributed by atoms with Crippen molar-refractivity contribution in [1.82, 2.24) is 0 Å². The van der Waals surface area contributed by atoms with Gasteiger partial charge in [-0.1, -0.05) is 36.5 Å². The van der Waals surface area contributed by atoms with Gasteiger partial charge in [-0.2, -0.15) is 5.26 Å². The fraction of sp³-hybridized carbons (Fsp3) is 0.500. The van der Waals surface area contributed by atoms with Gasteiger partial charge in [-0.15, -0.1) is 0 Å². The van der Waals surface area contributed by atoms with Crippen LogP contribution in [0.1, 0.15) is 45.4 Å². The van der Waals surface area contributed by atoms with Gasteiger partial charge in [-0.05, 0) is 39.0 Å². The standard InChI is InChI=1S/C14H21N/c1-2-3-4-5-6-7-8-9-10-11-12-13-14-15/h2-5,10-11H,6-9,12-13H2,1H3/b3-2+,5-4+,11-10+. The molecule has 15 heavy (non-hydrogen) atoms. The molecule has 0 radical (unpaired) electrons. The molecular weight excluding hydrogens is 182 g/mol. The molecule has 0 aromatic carbocycles. The molecule has 0 aliphatic heterocycles. The third-order valence-corrected chi connectivity index (χ3v) is 2.02. The highest BCUT2D eigenvalue weighted by Gasteiger charge is 1.83. The number of allylic oxidation sites excluding steroid dienone is 6. The molecule has 0 saturated carbocycles. The van der Waals surface area contributed by atoms with Crippen LogP contribution in [0.2, 0.25) is 0 Å². The van der Waals surface area contributed by atoms with Gasteiger partial charge in [-0.25, -0.2) is 0 Å². The van der Waals surface area contributed by atoms with Crippen LogP contribution in [0.4, 0.5) is 0 Å². The maximum absolute atomic E-state index is 8.31. The quantitative estimate of drug-likeness (QED) is 0.323. The first-order valence-electron chi connectivity index (χ1n) is 5.71. The van der Waals surface area contributed by atoms with Gasteiger partial charge in [0.15, 0.2) is 0 Å². The van der Waals surface area contributed by atoms with Crippen molar-refractivity contribution in [3.8, 4) is 6.07 Å². The predicted octanol–water partition coefficient (Wildman–Crippen LogP) is 4.54. The Morgan fingerprint density at radius 1 is 0.933 bits per heavy atom. The van der Waals surface area contributed by atoms with E-state index in [0.29, 0.717) is 6.42 Å².